The van der Waals surface area contributed by atoms with Gasteiger partial charge < -0.3 is 19.9 Å². The van der Waals surface area contributed by atoms with E-state index in [0.29, 0.717) is 29.0 Å². The quantitative estimate of drug-likeness (QED) is 0.793. The normalized spacial score (nSPS) is 14.9. The Balaban J connectivity index is 1.93. The van der Waals surface area contributed by atoms with E-state index < -0.39 is 11.9 Å². The molecule has 1 aliphatic heterocycles. The summed E-state index contributed by atoms with van der Waals surface area (Å²) in [4.78, 5) is 23.9. The van der Waals surface area contributed by atoms with Crippen LogP contribution in [-0.4, -0.2) is 29.7 Å². The second kappa shape index (κ2) is 7.15. The molecule has 0 aromatic heterocycles. The SMILES string of the molecule is COc1cc(/C=C(/NC(=O)c2ccccc2)C(=O)O)cc2c1OC(C)(C)C2. The molecule has 2 aromatic carbocycles. The van der Waals surface area contributed by atoms with Crippen molar-refractivity contribution in [2.75, 3.05) is 7.11 Å². The Labute approximate surface area is 157 Å². The predicted molar refractivity (Wildman–Crippen MR) is 101 cm³/mol. The molecule has 0 saturated carbocycles. The van der Waals surface area contributed by atoms with Gasteiger partial charge in [0.2, 0.25) is 0 Å². The van der Waals surface area contributed by atoms with Crippen molar-refractivity contribution in [3.8, 4) is 11.5 Å². The van der Waals surface area contributed by atoms with Crippen molar-refractivity contribution in [1.29, 1.82) is 0 Å². The van der Waals surface area contributed by atoms with Crippen LogP contribution in [0.1, 0.15) is 35.3 Å². The zero-order valence-corrected chi connectivity index (χ0v) is 15.4. The average molecular weight is 367 g/mol. The van der Waals surface area contributed by atoms with Crippen LogP contribution in [0.25, 0.3) is 6.08 Å². The highest BCUT2D eigenvalue weighted by Gasteiger charge is 2.32. The molecule has 0 aliphatic carbocycles. The largest absolute Gasteiger partial charge is 0.493 e. The fourth-order valence-electron chi connectivity index (χ4n) is 3.04. The summed E-state index contributed by atoms with van der Waals surface area (Å²) in [5.41, 5.74) is 1.35. The first kappa shape index (κ1) is 18.5. The van der Waals surface area contributed by atoms with Crippen molar-refractivity contribution >= 4 is 18.0 Å². The van der Waals surface area contributed by atoms with Crippen molar-refractivity contribution < 1.29 is 24.2 Å². The van der Waals surface area contributed by atoms with Crippen LogP contribution < -0.4 is 14.8 Å². The number of amides is 1. The minimum absolute atomic E-state index is 0.218. The molecule has 0 unspecified atom stereocenters. The van der Waals surface area contributed by atoms with Gasteiger partial charge in [-0.1, -0.05) is 18.2 Å². The van der Waals surface area contributed by atoms with Gasteiger partial charge in [0.15, 0.2) is 11.5 Å². The molecule has 1 heterocycles. The first-order valence-corrected chi connectivity index (χ1v) is 8.50. The van der Waals surface area contributed by atoms with E-state index in [2.05, 4.69) is 5.32 Å². The van der Waals surface area contributed by atoms with Crippen molar-refractivity contribution in [2.24, 2.45) is 0 Å². The first-order chi connectivity index (χ1) is 12.8. The second-order valence-electron chi connectivity index (χ2n) is 6.93. The number of aliphatic carboxylic acids is 1. The van der Waals surface area contributed by atoms with Crippen LogP contribution in [0.2, 0.25) is 0 Å². The van der Waals surface area contributed by atoms with E-state index in [1.165, 1.54) is 13.2 Å². The number of rotatable bonds is 5. The molecule has 27 heavy (non-hydrogen) atoms. The van der Waals surface area contributed by atoms with E-state index in [1.807, 2.05) is 19.9 Å². The lowest BCUT2D eigenvalue weighted by Crippen LogP contribution is -2.27. The standard InChI is InChI=1S/C21H21NO5/c1-21(2)12-15-9-13(11-17(26-3)18(15)27-21)10-16(20(24)25)22-19(23)14-7-5-4-6-8-14/h4-11H,12H2,1-3H3,(H,22,23)(H,24,25)/b16-10+. The third kappa shape index (κ3) is 4.11. The molecule has 2 N–H and O–H groups in total. The van der Waals surface area contributed by atoms with Crippen LogP contribution in [0.15, 0.2) is 48.2 Å². The molecule has 0 radical (unpaired) electrons. The zero-order valence-electron chi connectivity index (χ0n) is 15.4. The monoisotopic (exact) mass is 367 g/mol. The molecule has 6 nitrogen and oxygen atoms in total. The highest BCUT2D eigenvalue weighted by Crippen LogP contribution is 2.42. The minimum Gasteiger partial charge on any atom is -0.493 e. The van der Waals surface area contributed by atoms with Gasteiger partial charge in [-0.3, -0.25) is 4.79 Å². The Bertz CT molecular complexity index is 916. The molecule has 0 spiro atoms. The number of benzene rings is 2. The lowest BCUT2D eigenvalue weighted by atomic mass is 9.99. The Morgan fingerprint density at radius 3 is 2.56 bits per heavy atom. The topological polar surface area (TPSA) is 84.9 Å². The second-order valence-corrected chi connectivity index (χ2v) is 6.93. The van der Waals surface area contributed by atoms with Crippen LogP contribution in [0.4, 0.5) is 0 Å². The molecule has 1 amide bonds. The summed E-state index contributed by atoms with van der Waals surface area (Å²) < 4.78 is 11.3. The van der Waals surface area contributed by atoms with Gasteiger partial charge in [0.05, 0.1) is 7.11 Å². The maximum Gasteiger partial charge on any atom is 0.352 e. The van der Waals surface area contributed by atoms with Crippen molar-refractivity contribution in [2.45, 2.75) is 25.9 Å². The fourth-order valence-corrected chi connectivity index (χ4v) is 3.04. The summed E-state index contributed by atoms with van der Waals surface area (Å²) in [6.45, 7) is 3.95. The molecule has 2 aromatic rings. The number of hydrogen-bond acceptors (Lipinski definition) is 4. The molecule has 3 rings (SSSR count). The minimum atomic E-state index is -1.23. The predicted octanol–water partition coefficient (Wildman–Crippen LogP) is 3.26. The van der Waals surface area contributed by atoms with E-state index in [0.717, 1.165) is 5.56 Å². The summed E-state index contributed by atoms with van der Waals surface area (Å²) in [6.07, 6.45) is 2.09. The van der Waals surface area contributed by atoms with Gasteiger partial charge in [0, 0.05) is 17.5 Å². The molecular formula is C21H21NO5. The number of carboxylic acid groups (broad SMARTS) is 1. The van der Waals surface area contributed by atoms with E-state index in [9.17, 15) is 14.7 Å². The summed E-state index contributed by atoms with van der Waals surface area (Å²) in [6, 6.07) is 12.0. The van der Waals surface area contributed by atoms with E-state index >= 15 is 0 Å². The van der Waals surface area contributed by atoms with E-state index in [4.69, 9.17) is 9.47 Å². The van der Waals surface area contributed by atoms with Crippen molar-refractivity contribution in [3.05, 3.63) is 64.9 Å². The zero-order chi connectivity index (χ0) is 19.6. The van der Waals surface area contributed by atoms with Gasteiger partial charge in [-0.05, 0) is 49.8 Å². The molecular weight excluding hydrogens is 346 g/mol. The number of fused-ring (bicyclic) bond motifs is 1. The smallest absolute Gasteiger partial charge is 0.352 e. The number of hydrogen-bond donors (Lipinski definition) is 2. The summed E-state index contributed by atoms with van der Waals surface area (Å²) in [5, 5.41) is 11.9. The molecule has 0 fully saturated rings. The molecule has 0 bridgehead atoms. The Kier molecular flexibility index (Phi) is 4.90. The molecule has 6 heteroatoms. The Morgan fingerprint density at radius 1 is 1.22 bits per heavy atom. The molecule has 1 aliphatic rings. The highest BCUT2D eigenvalue weighted by molar-refractivity contribution is 6.02. The number of methoxy groups -OCH3 is 1. The van der Waals surface area contributed by atoms with Gasteiger partial charge in [0.25, 0.3) is 5.91 Å². The number of carbonyl (C=O) groups is 2. The van der Waals surface area contributed by atoms with Crippen molar-refractivity contribution in [3.63, 3.8) is 0 Å². The maximum atomic E-state index is 12.3. The molecule has 0 atom stereocenters. The van der Waals surface area contributed by atoms with Gasteiger partial charge in [-0.15, -0.1) is 0 Å². The van der Waals surface area contributed by atoms with Gasteiger partial charge in [0.1, 0.15) is 11.3 Å². The van der Waals surface area contributed by atoms with Crippen LogP contribution in [0, 0.1) is 0 Å². The summed E-state index contributed by atoms with van der Waals surface area (Å²) >= 11 is 0. The van der Waals surface area contributed by atoms with Gasteiger partial charge >= 0.3 is 5.97 Å². The van der Waals surface area contributed by atoms with Crippen molar-refractivity contribution in [1.82, 2.24) is 5.32 Å². The van der Waals surface area contributed by atoms with Crippen LogP contribution in [0.3, 0.4) is 0 Å². The number of carboxylic acids is 1. The average Bonchev–Trinajstić information content (AvgIpc) is 2.94. The van der Waals surface area contributed by atoms with Gasteiger partial charge in [-0.2, -0.15) is 0 Å². The number of ether oxygens (including phenoxy) is 2. The molecule has 0 saturated heterocycles. The lowest BCUT2D eigenvalue weighted by Gasteiger charge is -2.17. The van der Waals surface area contributed by atoms with E-state index in [-0.39, 0.29) is 11.3 Å². The fraction of sp³-hybridized carbons (Fsp3) is 0.238. The van der Waals surface area contributed by atoms with Gasteiger partial charge in [-0.25, -0.2) is 4.79 Å². The summed E-state index contributed by atoms with van der Waals surface area (Å²) in [7, 11) is 1.53. The maximum absolute atomic E-state index is 12.3. The van der Waals surface area contributed by atoms with E-state index in [1.54, 1.807) is 36.4 Å². The highest BCUT2D eigenvalue weighted by atomic mass is 16.5. The summed E-state index contributed by atoms with van der Waals surface area (Å²) in [5.74, 6) is -0.509. The Hall–Kier alpha value is -3.28. The van der Waals surface area contributed by atoms with Crippen LogP contribution in [-0.2, 0) is 11.2 Å². The Morgan fingerprint density at radius 2 is 1.93 bits per heavy atom. The third-order valence-electron chi connectivity index (χ3n) is 4.19. The first-order valence-electron chi connectivity index (χ1n) is 8.50. The number of carbonyl (C=O) groups excluding carboxylic acids is 1. The molecule has 140 valence electrons. The lowest BCUT2D eigenvalue weighted by molar-refractivity contribution is -0.132. The van der Waals surface area contributed by atoms with Crippen LogP contribution >= 0.6 is 0 Å². The third-order valence-corrected chi connectivity index (χ3v) is 4.19. The number of nitrogens with one attached hydrogen (secondary N) is 1. The van der Waals surface area contributed by atoms with Crippen LogP contribution in [0.5, 0.6) is 11.5 Å².